The van der Waals surface area contributed by atoms with Crippen LogP contribution in [0.25, 0.3) is 21.8 Å². The minimum Gasteiger partial charge on any atom is -0.341 e. The largest absolute Gasteiger partial charge is 0.341 e. The maximum Gasteiger partial charge on any atom is 0.241 e. The molecule has 152 valence electrons. The summed E-state index contributed by atoms with van der Waals surface area (Å²) in [5, 5.41) is 8.86. The lowest BCUT2D eigenvalue weighted by Crippen LogP contribution is -2.51. The molecule has 0 aliphatic carbocycles. The second-order valence-electron chi connectivity index (χ2n) is 6.94. The standard InChI is InChI=1S/C21H26N4O.2ClH/c1-3-25-19-7-5-4-6-17(19)18-14-16(8-9-20(18)25)23-21(26)15(2)24-12-10-22-11-13-24;;/h4-9,14-15,22H,3,10-13H2,1-2H3,(H,23,26);2*1H. The normalized spacial score (nSPS) is 15.6. The highest BCUT2D eigenvalue weighted by Gasteiger charge is 2.22. The lowest BCUT2D eigenvalue weighted by atomic mass is 10.1. The van der Waals surface area contributed by atoms with Crippen molar-refractivity contribution in [2.45, 2.75) is 26.4 Å². The molecule has 2 N–H and O–H groups in total. The Labute approximate surface area is 178 Å². The molecule has 2 aromatic carbocycles. The number of aryl methyl sites for hydroxylation is 1. The number of rotatable bonds is 4. The number of nitrogens with one attached hydrogen (secondary N) is 2. The highest BCUT2D eigenvalue weighted by Crippen LogP contribution is 2.31. The first-order valence-corrected chi connectivity index (χ1v) is 9.45. The van der Waals surface area contributed by atoms with Crippen LogP contribution in [-0.4, -0.2) is 47.6 Å². The molecule has 0 spiro atoms. The molecule has 4 rings (SSSR count). The minimum absolute atomic E-state index is 0. The lowest BCUT2D eigenvalue weighted by Gasteiger charge is -2.31. The van der Waals surface area contributed by atoms with E-state index in [1.54, 1.807) is 0 Å². The quantitative estimate of drug-likeness (QED) is 0.670. The molecule has 0 bridgehead atoms. The molecule has 28 heavy (non-hydrogen) atoms. The fourth-order valence-electron chi connectivity index (χ4n) is 3.95. The number of carbonyl (C=O) groups excluding carboxylic acids is 1. The first-order valence-electron chi connectivity index (χ1n) is 9.45. The molecule has 1 unspecified atom stereocenters. The Balaban J connectivity index is 0.00000140. The van der Waals surface area contributed by atoms with Crippen molar-refractivity contribution in [2.24, 2.45) is 0 Å². The maximum absolute atomic E-state index is 12.7. The number of nitrogens with zero attached hydrogens (tertiary/aromatic N) is 2. The second kappa shape index (κ2) is 9.61. The maximum atomic E-state index is 12.7. The van der Waals surface area contributed by atoms with Crippen LogP contribution in [0.1, 0.15) is 13.8 Å². The van der Waals surface area contributed by atoms with Gasteiger partial charge in [0, 0.05) is 60.2 Å². The van der Waals surface area contributed by atoms with Gasteiger partial charge in [-0.05, 0) is 38.1 Å². The summed E-state index contributed by atoms with van der Waals surface area (Å²) < 4.78 is 2.32. The van der Waals surface area contributed by atoms with Gasteiger partial charge < -0.3 is 15.2 Å². The van der Waals surface area contributed by atoms with Crippen molar-refractivity contribution in [3.63, 3.8) is 0 Å². The highest BCUT2D eigenvalue weighted by atomic mass is 35.5. The number of para-hydroxylation sites is 1. The van der Waals surface area contributed by atoms with Crippen LogP contribution >= 0.6 is 24.8 Å². The zero-order chi connectivity index (χ0) is 18.1. The Bertz CT molecular complexity index is 950. The first-order chi connectivity index (χ1) is 12.7. The van der Waals surface area contributed by atoms with E-state index in [-0.39, 0.29) is 36.8 Å². The molecule has 1 atom stereocenters. The molecule has 5 nitrogen and oxygen atoms in total. The number of benzene rings is 2. The van der Waals surface area contributed by atoms with Crippen molar-refractivity contribution in [1.82, 2.24) is 14.8 Å². The Hall–Kier alpha value is -1.79. The molecule has 1 aromatic heterocycles. The number of halogens is 2. The third-order valence-electron chi connectivity index (χ3n) is 5.43. The van der Waals surface area contributed by atoms with E-state index in [1.165, 1.54) is 21.8 Å². The van der Waals surface area contributed by atoms with E-state index in [4.69, 9.17) is 0 Å². The van der Waals surface area contributed by atoms with Crippen molar-refractivity contribution in [3.05, 3.63) is 42.5 Å². The fraction of sp³-hybridized carbons (Fsp3) is 0.381. The molecular formula is C21H28Cl2N4O. The summed E-state index contributed by atoms with van der Waals surface area (Å²) in [6.45, 7) is 8.80. The third-order valence-corrected chi connectivity index (χ3v) is 5.43. The van der Waals surface area contributed by atoms with Crippen LogP contribution in [0, 0.1) is 0 Å². The van der Waals surface area contributed by atoms with Crippen molar-refractivity contribution in [1.29, 1.82) is 0 Å². The molecular weight excluding hydrogens is 395 g/mol. The number of piperazine rings is 1. The number of carbonyl (C=O) groups is 1. The predicted molar refractivity (Wildman–Crippen MR) is 122 cm³/mol. The van der Waals surface area contributed by atoms with Crippen LogP contribution in [0.2, 0.25) is 0 Å². The topological polar surface area (TPSA) is 49.3 Å². The minimum atomic E-state index is -0.121. The number of aromatic nitrogens is 1. The monoisotopic (exact) mass is 422 g/mol. The summed E-state index contributed by atoms with van der Waals surface area (Å²) >= 11 is 0. The van der Waals surface area contributed by atoms with Gasteiger partial charge in [0.25, 0.3) is 0 Å². The second-order valence-corrected chi connectivity index (χ2v) is 6.94. The summed E-state index contributed by atoms with van der Waals surface area (Å²) in [5.41, 5.74) is 3.31. The number of amides is 1. The van der Waals surface area contributed by atoms with Gasteiger partial charge in [0.15, 0.2) is 0 Å². The molecule has 1 saturated heterocycles. The van der Waals surface area contributed by atoms with Gasteiger partial charge in [-0.25, -0.2) is 0 Å². The summed E-state index contributed by atoms with van der Waals surface area (Å²) in [5.74, 6) is 0.0606. The van der Waals surface area contributed by atoms with E-state index in [0.29, 0.717) is 0 Å². The van der Waals surface area contributed by atoms with Crippen LogP contribution in [0.15, 0.2) is 42.5 Å². The lowest BCUT2D eigenvalue weighted by molar-refractivity contribution is -0.120. The smallest absolute Gasteiger partial charge is 0.241 e. The van der Waals surface area contributed by atoms with Gasteiger partial charge in [-0.3, -0.25) is 9.69 Å². The van der Waals surface area contributed by atoms with Crippen LogP contribution < -0.4 is 10.6 Å². The van der Waals surface area contributed by atoms with Crippen molar-refractivity contribution in [2.75, 3.05) is 31.5 Å². The van der Waals surface area contributed by atoms with Crippen LogP contribution in [0.3, 0.4) is 0 Å². The van der Waals surface area contributed by atoms with Crippen molar-refractivity contribution >= 4 is 58.2 Å². The number of fused-ring (bicyclic) bond motifs is 3. The molecule has 0 radical (unpaired) electrons. The Morgan fingerprint density at radius 2 is 1.75 bits per heavy atom. The zero-order valence-electron chi connectivity index (χ0n) is 16.3. The van der Waals surface area contributed by atoms with Crippen LogP contribution in [-0.2, 0) is 11.3 Å². The van der Waals surface area contributed by atoms with Gasteiger partial charge in [0.2, 0.25) is 5.91 Å². The van der Waals surface area contributed by atoms with E-state index < -0.39 is 0 Å². The van der Waals surface area contributed by atoms with E-state index >= 15 is 0 Å². The molecule has 1 aliphatic rings. The summed E-state index contributed by atoms with van der Waals surface area (Å²) in [6.07, 6.45) is 0. The molecule has 1 amide bonds. The average Bonchev–Trinajstić information content (AvgIpc) is 3.01. The van der Waals surface area contributed by atoms with Gasteiger partial charge in [-0.2, -0.15) is 0 Å². The summed E-state index contributed by atoms with van der Waals surface area (Å²) in [7, 11) is 0. The first kappa shape index (κ1) is 22.5. The van der Waals surface area contributed by atoms with E-state index in [9.17, 15) is 4.79 Å². The number of hydrogen-bond donors (Lipinski definition) is 2. The van der Waals surface area contributed by atoms with Gasteiger partial charge in [0.05, 0.1) is 6.04 Å². The summed E-state index contributed by atoms with van der Waals surface area (Å²) in [6, 6.07) is 14.6. The van der Waals surface area contributed by atoms with Gasteiger partial charge >= 0.3 is 0 Å². The van der Waals surface area contributed by atoms with E-state index in [1.807, 2.05) is 13.0 Å². The molecule has 0 saturated carbocycles. The van der Waals surface area contributed by atoms with Gasteiger partial charge in [-0.1, -0.05) is 18.2 Å². The van der Waals surface area contributed by atoms with Gasteiger partial charge in [-0.15, -0.1) is 24.8 Å². The highest BCUT2D eigenvalue weighted by molar-refractivity contribution is 6.10. The Morgan fingerprint density at radius 1 is 1.07 bits per heavy atom. The van der Waals surface area contributed by atoms with Gasteiger partial charge in [0.1, 0.15) is 0 Å². The fourth-order valence-corrected chi connectivity index (χ4v) is 3.95. The number of hydrogen-bond acceptors (Lipinski definition) is 3. The van der Waals surface area contributed by atoms with Crippen molar-refractivity contribution in [3.8, 4) is 0 Å². The van der Waals surface area contributed by atoms with E-state index in [0.717, 1.165) is 38.4 Å². The third kappa shape index (κ3) is 4.13. The van der Waals surface area contributed by atoms with Crippen molar-refractivity contribution < 1.29 is 4.79 Å². The SMILES string of the molecule is CCn1c2ccccc2c2cc(NC(=O)C(C)N3CCNCC3)ccc21.Cl.Cl. The molecule has 1 fully saturated rings. The molecule has 2 heterocycles. The Morgan fingerprint density at radius 3 is 2.46 bits per heavy atom. The van der Waals surface area contributed by atoms with Crippen LogP contribution in [0.5, 0.6) is 0 Å². The Kier molecular flexibility index (Phi) is 7.72. The van der Waals surface area contributed by atoms with Crippen LogP contribution in [0.4, 0.5) is 5.69 Å². The van der Waals surface area contributed by atoms with E-state index in [2.05, 4.69) is 63.4 Å². The zero-order valence-corrected chi connectivity index (χ0v) is 17.9. The summed E-state index contributed by atoms with van der Waals surface area (Å²) in [4.78, 5) is 14.9. The number of anilines is 1. The average molecular weight is 423 g/mol. The molecule has 1 aliphatic heterocycles. The molecule has 7 heteroatoms. The predicted octanol–water partition coefficient (Wildman–Crippen LogP) is 3.89. The molecule has 3 aromatic rings.